The molecule has 4 heteroatoms. The molecule has 4 nitrogen and oxygen atoms in total. The van der Waals surface area contributed by atoms with Crippen LogP contribution < -0.4 is 5.32 Å². The number of carbonyl (C=O) groups is 2. The summed E-state index contributed by atoms with van der Waals surface area (Å²) in [7, 11) is 0. The van der Waals surface area contributed by atoms with E-state index < -0.39 is 11.4 Å². The maximum Gasteiger partial charge on any atom is 0.310 e. The molecule has 0 spiro atoms. The van der Waals surface area contributed by atoms with Crippen LogP contribution in [0, 0.1) is 17.3 Å². The van der Waals surface area contributed by atoms with Gasteiger partial charge in [-0.15, -0.1) is 0 Å². The lowest BCUT2D eigenvalue weighted by Gasteiger charge is -2.23. The number of hydrogen-bond donors (Lipinski definition) is 2. The largest absolute Gasteiger partial charge is 0.481 e. The van der Waals surface area contributed by atoms with Gasteiger partial charge in [0.15, 0.2) is 0 Å². The van der Waals surface area contributed by atoms with Crippen LogP contribution in [0.25, 0.3) is 0 Å². The first-order valence-corrected chi connectivity index (χ1v) is 7.07. The van der Waals surface area contributed by atoms with Crippen molar-refractivity contribution in [3.8, 4) is 0 Å². The van der Waals surface area contributed by atoms with E-state index in [1.807, 2.05) is 13.8 Å². The summed E-state index contributed by atoms with van der Waals surface area (Å²) >= 11 is 0. The number of carboxylic acid groups (broad SMARTS) is 1. The van der Waals surface area contributed by atoms with Crippen LogP contribution >= 0.6 is 0 Å². The monoisotopic (exact) mass is 265 g/mol. The SMILES string of the molecule is CC1=CC[C@H](NC(=O)[C@@H]2C[C@@]2(C(=O)O)C(C)C)CC1. The lowest BCUT2D eigenvalue weighted by atomic mass is 9.89. The van der Waals surface area contributed by atoms with E-state index in [-0.39, 0.29) is 23.8 Å². The number of carbonyl (C=O) groups excluding carboxylic acids is 1. The Morgan fingerprint density at radius 1 is 1.47 bits per heavy atom. The quantitative estimate of drug-likeness (QED) is 0.767. The van der Waals surface area contributed by atoms with E-state index >= 15 is 0 Å². The highest BCUT2D eigenvalue weighted by Crippen LogP contribution is 2.58. The Labute approximate surface area is 114 Å². The number of rotatable bonds is 4. The van der Waals surface area contributed by atoms with Gasteiger partial charge in [-0.1, -0.05) is 25.5 Å². The number of hydrogen-bond acceptors (Lipinski definition) is 2. The summed E-state index contributed by atoms with van der Waals surface area (Å²) in [5.41, 5.74) is 0.545. The van der Waals surface area contributed by atoms with Crippen molar-refractivity contribution in [2.75, 3.05) is 0 Å². The number of aliphatic carboxylic acids is 1. The van der Waals surface area contributed by atoms with Crippen molar-refractivity contribution >= 4 is 11.9 Å². The van der Waals surface area contributed by atoms with E-state index in [0.29, 0.717) is 6.42 Å². The van der Waals surface area contributed by atoms with E-state index in [1.165, 1.54) is 5.57 Å². The molecule has 0 radical (unpaired) electrons. The standard InChI is InChI=1S/C15H23NO3/c1-9(2)15(14(18)19)8-12(15)13(17)16-11-6-4-10(3)5-7-11/h4,9,11-12H,5-8H2,1-3H3,(H,16,17)(H,18,19)/t11-,12-,15+/m0/s1. The normalized spacial score (nSPS) is 33.8. The van der Waals surface area contributed by atoms with E-state index in [1.54, 1.807) is 0 Å². The topological polar surface area (TPSA) is 66.4 Å². The molecule has 0 saturated heterocycles. The van der Waals surface area contributed by atoms with Gasteiger partial charge in [-0.2, -0.15) is 0 Å². The van der Waals surface area contributed by atoms with Gasteiger partial charge < -0.3 is 10.4 Å². The van der Waals surface area contributed by atoms with Gasteiger partial charge in [-0.3, -0.25) is 9.59 Å². The maximum absolute atomic E-state index is 12.2. The molecule has 2 rings (SSSR count). The molecule has 2 aliphatic carbocycles. The summed E-state index contributed by atoms with van der Waals surface area (Å²) in [6, 6.07) is 0.176. The lowest BCUT2D eigenvalue weighted by molar-refractivity contribution is -0.147. The summed E-state index contributed by atoms with van der Waals surface area (Å²) in [5.74, 6) is -1.26. The highest BCUT2D eigenvalue weighted by Gasteiger charge is 2.65. The fourth-order valence-corrected chi connectivity index (χ4v) is 3.12. The highest BCUT2D eigenvalue weighted by atomic mass is 16.4. The van der Waals surface area contributed by atoms with Crippen molar-refractivity contribution in [1.29, 1.82) is 0 Å². The Balaban J connectivity index is 1.94. The third-order valence-electron chi connectivity index (χ3n) is 4.73. The van der Waals surface area contributed by atoms with E-state index in [0.717, 1.165) is 19.3 Å². The van der Waals surface area contributed by atoms with Crippen molar-refractivity contribution in [2.24, 2.45) is 17.3 Å². The molecule has 0 aromatic carbocycles. The zero-order valence-electron chi connectivity index (χ0n) is 11.9. The minimum Gasteiger partial charge on any atom is -0.481 e. The molecule has 0 aromatic rings. The van der Waals surface area contributed by atoms with Gasteiger partial charge in [0.2, 0.25) is 5.91 Å². The fraction of sp³-hybridized carbons (Fsp3) is 0.733. The predicted molar refractivity (Wildman–Crippen MR) is 72.6 cm³/mol. The van der Waals surface area contributed by atoms with E-state index in [4.69, 9.17) is 0 Å². The van der Waals surface area contributed by atoms with E-state index in [9.17, 15) is 14.7 Å². The fourth-order valence-electron chi connectivity index (χ4n) is 3.12. The molecule has 0 heterocycles. The van der Waals surface area contributed by atoms with Gasteiger partial charge >= 0.3 is 5.97 Å². The molecule has 0 aliphatic heterocycles. The molecule has 3 atom stereocenters. The summed E-state index contributed by atoms with van der Waals surface area (Å²) in [5, 5.41) is 12.4. The third kappa shape index (κ3) is 2.53. The first-order valence-electron chi connectivity index (χ1n) is 7.07. The highest BCUT2D eigenvalue weighted by molar-refractivity contribution is 5.93. The summed E-state index contributed by atoms with van der Waals surface area (Å²) in [6.07, 6.45) is 5.49. The molecule has 1 saturated carbocycles. The molecule has 106 valence electrons. The second-order valence-corrected chi connectivity index (χ2v) is 6.29. The van der Waals surface area contributed by atoms with Crippen molar-refractivity contribution in [3.05, 3.63) is 11.6 Å². The van der Waals surface area contributed by atoms with Crippen LogP contribution in [0.15, 0.2) is 11.6 Å². The predicted octanol–water partition coefficient (Wildman–Crippen LogP) is 2.35. The molecular weight excluding hydrogens is 242 g/mol. The Bertz CT molecular complexity index is 427. The van der Waals surface area contributed by atoms with Crippen molar-refractivity contribution in [3.63, 3.8) is 0 Å². The van der Waals surface area contributed by atoms with Crippen LogP contribution in [0.5, 0.6) is 0 Å². The molecule has 1 fully saturated rings. The molecule has 0 aromatic heterocycles. The first kappa shape index (κ1) is 14.1. The molecule has 0 unspecified atom stereocenters. The first-order chi connectivity index (χ1) is 8.87. The Morgan fingerprint density at radius 3 is 2.58 bits per heavy atom. The number of nitrogens with one attached hydrogen (secondary N) is 1. The van der Waals surface area contributed by atoms with Gasteiger partial charge in [0, 0.05) is 6.04 Å². The molecule has 19 heavy (non-hydrogen) atoms. The maximum atomic E-state index is 12.2. The van der Waals surface area contributed by atoms with Crippen molar-refractivity contribution in [2.45, 2.75) is 52.5 Å². The number of carboxylic acids is 1. The van der Waals surface area contributed by atoms with Crippen molar-refractivity contribution < 1.29 is 14.7 Å². The summed E-state index contributed by atoms with van der Waals surface area (Å²) < 4.78 is 0. The Hall–Kier alpha value is -1.32. The van der Waals surface area contributed by atoms with E-state index in [2.05, 4.69) is 18.3 Å². The van der Waals surface area contributed by atoms with Crippen LogP contribution in [0.3, 0.4) is 0 Å². The molecule has 0 bridgehead atoms. The van der Waals surface area contributed by atoms with Gasteiger partial charge in [0.25, 0.3) is 0 Å². The van der Waals surface area contributed by atoms with Gasteiger partial charge in [-0.05, 0) is 38.5 Å². The molecule has 2 N–H and O–H groups in total. The van der Waals surface area contributed by atoms with Gasteiger partial charge in [0.05, 0.1) is 11.3 Å². The van der Waals surface area contributed by atoms with Gasteiger partial charge in [0.1, 0.15) is 0 Å². The minimum atomic E-state index is -0.831. The second-order valence-electron chi connectivity index (χ2n) is 6.29. The van der Waals surface area contributed by atoms with Crippen LogP contribution in [0.4, 0.5) is 0 Å². The average molecular weight is 265 g/mol. The number of amides is 1. The summed E-state index contributed by atoms with van der Waals surface area (Å²) in [6.45, 7) is 5.87. The zero-order chi connectivity index (χ0) is 14.2. The van der Waals surface area contributed by atoms with Crippen molar-refractivity contribution in [1.82, 2.24) is 5.32 Å². The molecular formula is C15H23NO3. The smallest absolute Gasteiger partial charge is 0.310 e. The lowest BCUT2D eigenvalue weighted by Crippen LogP contribution is -2.39. The minimum absolute atomic E-state index is 0.00533. The molecule has 2 aliphatic rings. The molecule has 1 amide bonds. The summed E-state index contributed by atoms with van der Waals surface area (Å²) in [4.78, 5) is 23.6. The van der Waals surface area contributed by atoms with Crippen LogP contribution in [-0.4, -0.2) is 23.0 Å². The Morgan fingerprint density at radius 2 is 2.16 bits per heavy atom. The van der Waals surface area contributed by atoms with Crippen LogP contribution in [-0.2, 0) is 9.59 Å². The van der Waals surface area contributed by atoms with Crippen LogP contribution in [0.2, 0.25) is 0 Å². The third-order valence-corrected chi connectivity index (χ3v) is 4.73. The van der Waals surface area contributed by atoms with Gasteiger partial charge in [-0.25, -0.2) is 0 Å². The average Bonchev–Trinajstić information content (AvgIpc) is 3.08. The number of allylic oxidation sites excluding steroid dienone is 1. The van der Waals surface area contributed by atoms with Crippen LogP contribution in [0.1, 0.15) is 46.5 Å². The Kier molecular flexibility index (Phi) is 3.70. The second kappa shape index (κ2) is 4.99. The zero-order valence-corrected chi connectivity index (χ0v) is 11.9.